The Hall–Kier alpha value is -0.130. The summed E-state index contributed by atoms with van der Waals surface area (Å²) >= 11 is 0. The van der Waals surface area contributed by atoms with Crippen molar-refractivity contribution in [2.75, 3.05) is 0 Å². The van der Waals surface area contributed by atoms with Crippen LogP contribution >= 0.6 is 0 Å². The SMILES string of the molecule is CC(C)[C@@H]1CC(C)(C)NS(=O)(=O)O1. The second kappa shape index (κ2) is 3.22. The van der Waals surface area contributed by atoms with Gasteiger partial charge in [-0.3, -0.25) is 4.18 Å². The third-order valence-corrected chi connectivity index (χ3v) is 3.41. The highest BCUT2D eigenvalue weighted by molar-refractivity contribution is 7.84. The lowest BCUT2D eigenvalue weighted by Gasteiger charge is -2.36. The van der Waals surface area contributed by atoms with Crippen LogP contribution < -0.4 is 4.72 Å². The Bertz CT molecular complexity index is 282. The molecule has 0 spiro atoms. The molecule has 1 fully saturated rings. The Morgan fingerprint density at radius 3 is 2.38 bits per heavy atom. The van der Waals surface area contributed by atoms with Crippen molar-refractivity contribution in [2.45, 2.75) is 45.8 Å². The number of hydrogen-bond donors (Lipinski definition) is 1. The Morgan fingerprint density at radius 2 is 2.00 bits per heavy atom. The highest BCUT2D eigenvalue weighted by Crippen LogP contribution is 2.26. The van der Waals surface area contributed by atoms with Crippen molar-refractivity contribution in [3.05, 3.63) is 0 Å². The zero-order chi connectivity index (χ0) is 10.3. The topological polar surface area (TPSA) is 55.4 Å². The molecule has 0 aliphatic carbocycles. The largest absolute Gasteiger partial charge is 0.336 e. The summed E-state index contributed by atoms with van der Waals surface area (Å²) in [5.74, 6) is 0.219. The monoisotopic (exact) mass is 207 g/mol. The highest BCUT2D eigenvalue weighted by atomic mass is 32.2. The quantitative estimate of drug-likeness (QED) is 0.699. The van der Waals surface area contributed by atoms with E-state index in [0.717, 1.165) is 0 Å². The molecule has 1 rings (SSSR count). The molecule has 0 unspecified atom stereocenters. The van der Waals surface area contributed by atoms with Crippen LogP contribution in [0.15, 0.2) is 0 Å². The van der Waals surface area contributed by atoms with Crippen molar-refractivity contribution in [2.24, 2.45) is 5.92 Å². The van der Waals surface area contributed by atoms with Gasteiger partial charge in [-0.2, -0.15) is 13.1 Å². The Labute approximate surface area is 79.9 Å². The average molecular weight is 207 g/mol. The Balaban J connectivity index is 2.85. The Kier molecular flexibility index (Phi) is 2.71. The standard InChI is InChI=1S/C8H17NO3S/c1-6(2)7-5-8(3,4)9-13(10,11)12-7/h6-7,9H,5H2,1-4H3/t7-/m0/s1. The van der Waals surface area contributed by atoms with Crippen molar-refractivity contribution in [1.82, 2.24) is 4.72 Å². The van der Waals surface area contributed by atoms with E-state index in [1.54, 1.807) is 0 Å². The van der Waals surface area contributed by atoms with Crippen LogP contribution in [-0.2, 0) is 14.5 Å². The maximum Gasteiger partial charge on any atom is 0.336 e. The molecule has 0 aromatic heterocycles. The summed E-state index contributed by atoms with van der Waals surface area (Å²) in [6, 6.07) is 0. The first kappa shape index (κ1) is 10.9. The fourth-order valence-electron chi connectivity index (χ4n) is 1.45. The molecule has 0 saturated carbocycles. The van der Waals surface area contributed by atoms with Gasteiger partial charge in [-0.1, -0.05) is 13.8 Å². The van der Waals surface area contributed by atoms with Gasteiger partial charge in [-0.15, -0.1) is 0 Å². The van der Waals surface area contributed by atoms with Gasteiger partial charge in [0.1, 0.15) is 0 Å². The molecule has 0 radical (unpaired) electrons. The van der Waals surface area contributed by atoms with E-state index in [-0.39, 0.29) is 12.0 Å². The second-order valence-electron chi connectivity index (χ2n) is 4.52. The average Bonchev–Trinajstić information content (AvgIpc) is 1.79. The van der Waals surface area contributed by atoms with Crippen molar-refractivity contribution in [3.8, 4) is 0 Å². The minimum Gasteiger partial charge on any atom is -0.254 e. The van der Waals surface area contributed by atoms with E-state index in [1.165, 1.54) is 0 Å². The van der Waals surface area contributed by atoms with Crippen LogP contribution in [0.2, 0.25) is 0 Å². The number of rotatable bonds is 1. The molecule has 5 heteroatoms. The van der Waals surface area contributed by atoms with Crippen molar-refractivity contribution < 1.29 is 12.6 Å². The molecule has 1 heterocycles. The lowest BCUT2D eigenvalue weighted by molar-refractivity contribution is 0.0934. The molecule has 13 heavy (non-hydrogen) atoms. The smallest absolute Gasteiger partial charge is 0.254 e. The molecule has 0 aromatic rings. The van der Waals surface area contributed by atoms with E-state index in [9.17, 15) is 8.42 Å². The van der Waals surface area contributed by atoms with Crippen LogP contribution in [0.4, 0.5) is 0 Å². The van der Waals surface area contributed by atoms with E-state index < -0.39 is 15.8 Å². The van der Waals surface area contributed by atoms with Gasteiger partial charge in [-0.25, -0.2) is 0 Å². The van der Waals surface area contributed by atoms with Crippen LogP contribution in [0.25, 0.3) is 0 Å². The predicted molar refractivity (Wildman–Crippen MR) is 50.5 cm³/mol. The lowest BCUT2D eigenvalue weighted by Crippen LogP contribution is -2.53. The summed E-state index contributed by atoms with van der Waals surface area (Å²) in [6.07, 6.45) is 0.505. The fourth-order valence-corrected chi connectivity index (χ4v) is 2.87. The molecule has 1 N–H and O–H groups in total. The molecule has 4 nitrogen and oxygen atoms in total. The molecule has 1 saturated heterocycles. The third kappa shape index (κ3) is 2.93. The second-order valence-corrected chi connectivity index (χ2v) is 5.83. The van der Waals surface area contributed by atoms with Crippen molar-refractivity contribution >= 4 is 10.3 Å². The number of hydrogen-bond acceptors (Lipinski definition) is 3. The first-order chi connectivity index (χ1) is 5.72. The zero-order valence-corrected chi connectivity index (χ0v) is 9.31. The van der Waals surface area contributed by atoms with Crippen LogP contribution in [-0.4, -0.2) is 20.1 Å². The number of nitrogens with one attached hydrogen (secondary N) is 1. The Morgan fingerprint density at radius 1 is 1.46 bits per heavy atom. The van der Waals surface area contributed by atoms with Gasteiger partial charge < -0.3 is 0 Å². The van der Waals surface area contributed by atoms with Gasteiger partial charge >= 0.3 is 10.3 Å². The van der Waals surface area contributed by atoms with Crippen LogP contribution in [0.3, 0.4) is 0 Å². The van der Waals surface area contributed by atoms with Crippen molar-refractivity contribution in [3.63, 3.8) is 0 Å². The van der Waals surface area contributed by atoms with Crippen LogP contribution in [0.5, 0.6) is 0 Å². The third-order valence-electron chi connectivity index (χ3n) is 2.11. The van der Waals surface area contributed by atoms with Gasteiger partial charge in [0.15, 0.2) is 0 Å². The molecule has 1 aliphatic rings. The van der Waals surface area contributed by atoms with E-state index >= 15 is 0 Å². The maximum atomic E-state index is 11.2. The molecular formula is C8H17NO3S. The molecule has 0 aromatic carbocycles. The normalized spacial score (nSPS) is 31.9. The van der Waals surface area contributed by atoms with E-state index in [0.29, 0.717) is 6.42 Å². The van der Waals surface area contributed by atoms with Gasteiger partial charge in [0.25, 0.3) is 0 Å². The molecule has 1 aliphatic heterocycles. The maximum absolute atomic E-state index is 11.2. The van der Waals surface area contributed by atoms with Crippen molar-refractivity contribution in [1.29, 1.82) is 0 Å². The minimum atomic E-state index is -3.53. The van der Waals surface area contributed by atoms with Crippen LogP contribution in [0, 0.1) is 5.92 Å². The zero-order valence-electron chi connectivity index (χ0n) is 8.49. The highest BCUT2D eigenvalue weighted by Gasteiger charge is 2.38. The van der Waals surface area contributed by atoms with E-state index in [1.807, 2.05) is 27.7 Å². The first-order valence-corrected chi connectivity index (χ1v) is 5.85. The van der Waals surface area contributed by atoms with Gasteiger partial charge in [0.05, 0.1) is 6.10 Å². The molecule has 0 bridgehead atoms. The van der Waals surface area contributed by atoms with E-state index in [4.69, 9.17) is 4.18 Å². The summed E-state index contributed by atoms with van der Waals surface area (Å²) in [6.45, 7) is 7.65. The summed E-state index contributed by atoms with van der Waals surface area (Å²) < 4.78 is 29.9. The summed E-state index contributed by atoms with van der Waals surface area (Å²) in [4.78, 5) is 0. The minimum absolute atomic E-state index is 0.207. The summed E-state index contributed by atoms with van der Waals surface area (Å²) in [5, 5.41) is 0. The van der Waals surface area contributed by atoms with Gasteiger partial charge in [0, 0.05) is 5.54 Å². The summed E-state index contributed by atoms with van der Waals surface area (Å²) in [5.41, 5.74) is -0.397. The molecule has 1 atom stereocenters. The molecular weight excluding hydrogens is 190 g/mol. The molecule has 78 valence electrons. The van der Waals surface area contributed by atoms with Gasteiger partial charge in [-0.05, 0) is 26.2 Å². The van der Waals surface area contributed by atoms with E-state index in [2.05, 4.69) is 4.72 Å². The lowest BCUT2D eigenvalue weighted by atomic mass is 9.92. The molecule has 0 amide bonds. The first-order valence-electron chi connectivity index (χ1n) is 4.44. The fraction of sp³-hybridized carbons (Fsp3) is 1.00. The summed E-state index contributed by atoms with van der Waals surface area (Å²) in [7, 11) is -3.53. The van der Waals surface area contributed by atoms with Gasteiger partial charge in [0.2, 0.25) is 0 Å². The van der Waals surface area contributed by atoms with Crippen LogP contribution in [0.1, 0.15) is 34.1 Å². The predicted octanol–water partition coefficient (Wildman–Crippen LogP) is 1.04.